The summed E-state index contributed by atoms with van der Waals surface area (Å²) in [6.45, 7) is 0. The van der Waals surface area contributed by atoms with Gasteiger partial charge >= 0.3 is 0 Å². The highest BCUT2D eigenvalue weighted by molar-refractivity contribution is 8.18. The van der Waals surface area contributed by atoms with E-state index in [1.807, 2.05) is 0 Å². The molecule has 1 aliphatic heterocycles. The van der Waals surface area contributed by atoms with Crippen molar-refractivity contribution in [2.24, 2.45) is 0 Å². The SMILES string of the molecule is N=C1NC(=O)/C(=C\c2ccc(S(=O)(=O)O)cc2)S1. The standard InChI is InChI=1S/C10H8N2O4S2/c11-10-12-9(13)8(17-10)5-6-1-3-7(4-2-6)18(14,15)16/h1-5H,(H2,11,12,13)(H,14,15,16)/b8-5+. The highest BCUT2D eigenvalue weighted by atomic mass is 32.2. The summed E-state index contributed by atoms with van der Waals surface area (Å²) in [5.41, 5.74) is 0.606. The molecule has 0 bridgehead atoms. The summed E-state index contributed by atoms with van der Waals surface area (Å²) in [4.78, 5) is 11.5. The number of amides is 1. The number of amidine groups is 1. The fourth-order valence-electron chi connectivity index (χ4n) is 1.33. The van der Waals surface area contributed by atoms with E-state index in [1.54, 1.807) is 0 Å². The number of benzene rings is 1. The molecule has 1 amide bonds. The first-order chi connectivity index (χ1) is 8.36. The first-order valence-corrected chi connectivity index (χ1v) is 6.99. The smallest absolute Gasteiger partial charge is 0.294 e. The molecule has 1 fully saturated rings. The Hall–Kier alpha value is -1.64. The van der Waals surface area contributed by atoms with E-state index in [4.69, 9.17) is 9.96 Å². The second kappa shape index (κ2) is 4.56. The van der Waals surface area contributed by atoms with E-state index in [2.05, 4.69) is 5.32 Å². The van der Waals surface area contributed by atoms with Crippen LogP contribution in [0.25, 0.3) is 6.08 Å². The normalized spacial score (nSPS) is 18.2. The van der Waals surface area contributed by atoms with E-state index < -0.39 is 10.1 Å². The molecule has 94 valence electrons. The zero-order valence-corrected chi connectivity index (χ0v) is 10.5. The molecule has 6 nitrogen and oxygen atoms in total. The fourth-order valence-corrected chi connectivity index (χ4v) is 2.51. The summed E-state index contributed by atoms with van der Waals surface area (Å²) in [5, 5.41) is 9.65. The van der Waals surface area contributed by atoms with Crippen molar-refractivity contribution in [1.82, 2.24) is 5.32 Å². The van der Waals surface area contributed by atoms with Gasteiger partial charge in [-0.1, -0.05) is 12.1 Å². The quantitative estimate of drug-likeness (QED) is 0.556. The van der Waals surface area contributed by atoms with Crippen LogP contribution in [-0.2, 0) is 14.9 Å². The van der Waals surface area contributed by atoms with Crippen LogP contribution in [0.3, 0.4) is 0 Å². The van der Waals surface area contributed by atoms with E-state index in [0.29, 0.717) is 10.5 Å². The van der Waals surface area contributed by atoms with Gasteiger partial charge in [0.05, 0.1) is 9.80 Å². The minimum atomic E-state index is -4.21. The lowest BCUT2D eigenvalue weighted by molar-refractivity contribution is -0.115. The molecule has 0 atom stereocenters. The molecule has 18 heavy (non-hydrogen) atoms. The minimum absolute atomic E-state index is 0.0563. The Morgan fingerprint density at radius 3 is 2.33 bits per heavy atom. The van der Waals surface area contributed by atoms with Gasteiger partial charge in [-0.25, -0.2) is 0 Å². The molecule has 0 spiro atoms. The van der Waals surface area contributed by atoms with E-state index in [-0.39, 0.29) is 16.0 Å². The third-order valence-electron chi connectivity index (χ3n) is 2.14. The average molecular weight is 284 g/mol. The highest BCUT2D eigenvalue weighted by Crippen LogP contribution is 2.25. The third kappa shape index (κ3) is 2.78. The van der Waals surface area contributed by atoms with Gasteiger partial charge in [0.1, 0.15) is 0 Å². The topological polar surface area (TPSA) is 107 Å². The van der Waals surface area contributed by atoms with Crippen LogP contribution in [0.15, 0.2) is 34.1 Å². The van der Waals surface area contributed by atoms with Gasteiger partial charge in [0.25, 0.3) is 16.0 Å². The average Bonchev–Trinajstić information content (AvgIpc) is 2.57. The number of hydrogen-bond donors (Lipinski definition) is 3. The maximum absolute atomic E-state index is 11.3. The molecule has 0 unspecified atom stereocenters. The lowest BCUT2D eigenvalue weighted by atomic mass is 10.2. The van der Waals surface area contributed by atoms with E-state index in [0.717, 1.165) is 11.8 Å². The molecule has 3 N–H and O–H groups in total. The molecule has 8 heteroatoms. The Morgan fingerprint density at radius 2 is 1.89 bits per heavy atom. The van der Waals surface area contributed by atoms with Crippen LogP contribution in [0.2, 0.25) is 0 Å². The molecule has 2 rings (SSSR count). The zero-order chi connectivity index (χ0) is 13.3. The molecule has 0 aromatic heterocycles. The van der Waals surface area contributed by atoms with Crippen molar-refractivity contribution in [2.45, 2.75) is 4.90 Å². The Kier molecular flexibility index (Phi) is 3.24. The summed E-state index contributed by atoms with van der Waals surface area (Å²) in [5.74, 6) is -0.358. The van der Waals surface area contributed by atoms with Crippen LogP contribution < -0.4 is 5.32 Å². The maximum Gasteiger partial charge on any atom is 0.294 e. The molecule has 1 saturated heterocycles. The molecule has 1 aromatic rings. The van der Waals surface area contributed by atoms with Crippen LogP contribution >= 0.6 is 11.8 Å². The monoisotopic (exact) mass is 284 g/mol. The summed E-state index contributed by atoms with van der Waals surface area (Å²) >= 11 is 0.994. The number of hydrogen-bond acceptors (Lipinski definition) is 5. The van der Waals surface area contributed by atoms with E-state index in [1.165, 1.54) is 30.3 Å². The summed E-state index contributed by atoms with van der Waals surface area (Å²) in [6, 6.07) is 5.41. The number of thioether (sulfide) groups is 1. The summed E-state index contributed by atoms with van der Waals surface area (Å²) in [6.07, 6.45) is 1.54. The molecule has 1 aromatic carbocycles. The van der Waals surface area contributed by atoms with Crippen molar-refractivity contribution in [2.75, 3.05) is 0 Å². The lowest BCUT2D eigenvalue weighted by Gasteiger charge is -1.98. The number of carbonyl (C=O) groups excluding carboxylic acids is 1. The Balaban J connectivity index is 2.29. The number of carbonyl (C=O) groups is 1. The predicted molar refractivity (Wildman–Crippen MR) is 67.7 cm³/mol. The van der Waals surface area contributed by atoms with Crippen molar-refractivity contribution in [1.29, 1.82) is 5.41 Å². The van der Waals surface area contributed by atoms with Crippen molar-refractivity contribution in [3.63, 3.8) is 0 Å². The molecule has 0 saturated carbocycles. The van der Waals surface area contributed by atoms with Crippen LogP contribution in [0.1, 0.15) is 5.56 Å². The van der Waals surface area contributed by atoms with Gasteiger partial charge in [0, 0.05) is 0 Å². The van der Waals surface area contributed by atoms with Gasteiger partial charge in [0.2, 0.25) is 0 Å². The van der Waals surface area contributed by atoms with E-state index >= 15 is 0 Å². The lowest BCUT2D eigenvalue weighted by Crippen LogP contribution is -2.18. The van der Waals surface area contributed by atoms with Crippen LogP contribution in [-0.4, -0.2) is 24.0 Å². The van der Waals surface area contributed by atoms with E-state index in [9.17, 15) is 13.2 Å². The van der Waals surface area contributed by atoms with Gasteiger partial charge < -0.3 is 5.32 Å². The van der Waals surface area contributed by atoms with Gasteiger partial charge in [-0.2, -0.15) is 8.42 Å². The second-order valence-electron chi connectivity index (χ2n) is 3.44. The Labute approximate surface area is 107 Å². The van der Waals surface area contributed by atoms with Crippen LogP contribution in [0.4, 0.5) is 0 Å². The van der Waals surface area contributed by atoms with Gasteiger partial charge in [-0.3, -0.25) is 14.8 Å². The number of nitrogens with one attached hydrogen (secondary N) is 2. The predicted octanol–water partition coefficient (Wildman–Crippen LogP) is 1.07. The van der Waals surface area contributed by atoms with Gasteiger partial charge in [-0.15, -0.1) is 0 Å². The molecule has 0 aliphatic carbocycles. The van der Waals surface area contributed by atoms with Gasteiger partial charge in [-0.05, 0) is 35.5 Å². The molecule has 1 heterocycles. The molecule has 1 aliphatic rings. The summed E-state index contributed by atoms with van der Waals surface area (Å²) < 4.78 is 30.5. The van der Waals surface area contributed by atoms with Crippen molar-refractivity contribution >= 4 is 39.0 Å². The Bertz CT molecular complexity index is 647. The van der Waals surface area contributed by atoms with Crippen molar-refractivity contribution < 1.29 is 17.8 Å². The fraction of sp³-hybridized carbons (Fsp3) is 0. The van der Waals surface area contributed by atoms with Crippen LogP contribution in [0, 0.1) is 5.41 Å². The molecule has 0 radical (unpaired) electrons. The number of rotatable bonds is 2. The van der Waals surface area contributed by atoms with Crippen molar-refractivity contribution in [3.8, 4) is 0 Å². The highest BCUT2D eigenvalue weighted by Gasteiger charge is 2.22. The largest absolute Gasteiger partial charge is 0.301 e. The van der Waals surface area contributed by atoms with Gasteiger partial charge in [0.15, 0.2) is 5.17 Å². The summed E-state index contributed by atoms with van der Waals surface area (Å²) in [7, 11) is -4.21. The third-order valence-corrected chi connectivity index (χ3v) is 3.84. The first-order valence-electron chi connectivity index (χ1n) is 4.73. The molecular formula is C10H8N2O4S2. The first kappa shape index (κ1) is 12.8. The Morgan fingerprint density at radius 1 is 1.28 bits per heavy atom. The second-order valence-corrected chi connectivity index (χ2v) is 5.91. The van der Waals surface area contributed by atoms with Crippen LogP contribution in [0.5, 0.6) is 0 Å². The maximum atomic E-state index is 11.3. The zero-order valence-electron chi connectivity index (χ0n) is 8.88. The molecular weight excluding hydrogens is 276 g/mol. The minimum Gasteiger partial charge on any atom is -0.301 e. The van der Waals surface area contributed by atoms with Crippen molar-refractivity contribution in [3.05, 3.63) is 34.7 Å².